The second-order valence-corrected chi connectivity index (χ2v) is 5.59. The van der Waals surface area contributed by atoms with Crippen LogP contribution in [0.1, 0.15) is 32.3 Å². The van der Waals surface area contributed by atoms with Gasteiger partial charge in [0.2, 0.25) is 11.7 Å². The summed E-state index contributed by atoms with van der Waals surface area (Å²) in [5.41, 5.74) is 0.899. The topological polar surface area (TPSA) is 60.0 Å². The van der Waals surface area contributed by atoms with Gasteiger partial charge in [0.05, 0.1) is 27.9 Å². The van der Waals surface area contributed by atoms with E-state index in [9.17, 15) is 4.79 Å². The molecule has 0 unspecified atom stereocenters. The highest BCUT2D eigenvalue weighted by Gasteiger charge is 2.14. The Morgan fingerprint density at radius 2 is 1.54 bits per heavy atom. The Labute approximate surface area is 145 Å². The smallest absolute Gasteiger partial charge is 0.234 e. The van der Waals surface area contributed by atoms with E-state index in [1.54, 1.807) is 21.3 Å². The first-order valence-corrected chi connectivity index (χ1v) is 8.37. The van der Waals surface area contributed by atoms with Crippen LogP contribution in [0.2, 0.25) is 0 Å². The Kier molecular flexibility index (Phi) is 9.01. The zero-order valence-corrected chi connectivity index (χ0v) is 15.5. The van der Waals surface area contributed by atoms with Gasteiger partial charge in [0, 0.05) is 6.54 Å². The summed E-state index contributed by atoms with van der Waals surface area (Å²) in [6.45, 7) is 6.96. The van der Waals surface area contributed by atoms with E-state index in [1.807, 2.05) is 12.1 Å². The molecular formula is C18H30N2O4. The fourth-order valence-corrected chi connectivity index (χ4v) is 2.60. The lowest BCUT2D eigenvalue weighted by atomic mass is 10.1. The van der Waals surface area contributed by atoms with Crippen LogP contribution in [0, 0.1) is 0 Å². The zero-order chi connectivity index (χ0) is 17.9. The number of rotatable bonds is 11. The monoisotopic (exact) mass is 338 g/mol. The maximum atomic E-state index is 12.2. The second kappa shape index (κ2) is 10.8. The third-order valence-corrected chi connectivity index (χ3v) is 3.66. The molecule has 0 radical (unpaired) electrons. The quantitative estimate of drug-likeness (QED) is 0.671. The van der Waals surface area contributed by atoms with Crippen LogP contribution in [-0.2, 0) is 11.3 Å². The molecule has 6 nitrogen and oxygen atoms in total. The summed E-state index contributed by atoms with van der Waals surface area (Å²) in [4.78, 5) is 14.3. The summed E-state index contributed by atoms with van der Waals surface area (Å²) >= 11 is 0. The number of nitrogens with zero attached hydrogens (tertiary/aromatic N) is 1. The van der Waals surface area contributed by atoms with E-state index in [0.29, 0.717) is 30.3 Å². The summed E-state index contributed by atoms with van der Waals surface area (Å²) in [7, 11) is 4.72. The Morgan fingerprint density at radius 1 is 1.00 bits per heavy atom. The number of carbonyl (C=O) groups is 1. The average Bonchev–Trinajstić information content (AvgIpc) is 2.59. The SMILES string of the molecule is CCCN(CCC)CC(=O)NCc1cc(OC)c(OC)c(OC)c1. The number of amides is 1. The van der Waals surface area contributed by atoms with Gasteiger partial charge in [0.1, 0.15) is 0 Å². The number of methoxy groups -OCH3 is 3. The Morgan fingerprint density at radius 3 is 1.96 bits per heavy atom. The highest BCUT2D eigenvalue weighted by Crippen LogP contribution is 2.38. The third-order valence-electron chi connectivity index (χ3n) is 3.66. The summed E-state index contributed by atoms with van der Waals surface area (Å²) in [6.07, 6.45) is 2.08. The molecule has 6 heteroatoms. The van der Waals surface area contributed by atoms with Gasteiger partial charge in [-0.15, -0.1) is 0 Å². The molecule has 1 aromatic rings. The number of benzene rings is 1. The first-order valence-electron chi connectivity index (χ1n) is 8.37. The van der Waals surface area contributed by atoms with Gasteiger partial charge >= 0.3 is 0 Å². The fourth-order valence-electron chi connectivity index (χ4n) is 2.60. The van der Waals surface area contributed by atoms with Crippen LogP contribution in [0.3, 0.4) is 0 Å². The van der Waals surface area contributed by atoms with Crippen molar-refractivity contribution in [3.63, 3.8) is 0 Å². The summed E-state index contributed by atoms with van der Waals surface area (Å²) < 4.78 is 16.0. The number of carbonyl (C=O) groups excluding carboxylic acids is 1. The highest BCUT2D eigenvalue weighted by molar-refractivity contribution is 5.78. The van der Waals surface area contributed by atoms with Gasteiger partial charge in [-0.2, -0.15) is 0 Å². The molecule has 24 heavy (non-hydrogen) atoms. The van der Waals surface area contributed by atoms with Gasteiger partial charge in [-0.05, 0) is 43.6 Å². The Hall–Kier alpha value is -1.95. The summed E-state index contributed by atoms with van der Waals surface area (Å²) in [6, 6.07) is 3.69. The minimum Gasteiger partial charge on any atom is -0.493 e. The minimum absolute atomic E-state index is 0.0191. The van der Waals surface area contributed by atoms with Gasteiger partial charge in [0.15, 0.2) is 11.5 Å². The largest absolute Gasteiger partial charge is 0.493 e. The van der Waals surface area contributed by atoms with Crippen molar-refractivity contribution < 1.29 is 19.0 Å². The van der Waals surface area contributed by atoms with Crippen LogP contribution in [0.25, 0.3) is 0 Å². The zero-order valence-electron chi connectivity index (χ0n) is 15.5. The first kappa shape index (κ1) is 20.1. The lowest BCUT2D eigenvalue weighted by molar-refractivity contribution is -0.122. The number of ether oxygens (including phenoxy) is 3. The van der Waals surface area contributed by atoms with Gasteiger partial charge in [-0.3, -0.25) is 9.69 Å². The molecule has 1 N–H and O–H groups in total. The van der Waals surface area contributed by atoms with Crippen LogP contribution in [0.5, 0.6) is 17.2 Å². The summed E-state index contributed by atoms with van der Waals surface area (Å²) in [5.74, 6) is 1.73. The molecule has 1 aromatic carbocycles. The molecule has 0 aromatic heterocycles. The number of hydrogen-bond acceptors (Lipinski definition) is 5. The lowest BCUT2D eigenvalue weighted by Crippen LogP contribution is -2.37. The molecule has 0 aliphatic carbocycles. The molecule has 136 valence electrons. The molecule has 0 saturated carbocycles. The predicted octanol–water partition coefficient (Wildman–Crippen LogP) is 2.45. The van der Waals surface area contributed by atoms with Crippen LogP contribution in [0.4, 0.5) is 0 Å². The first-order chi connectivity index (χ1) is 11.6. The molecule has 0 bridgehead atoms. The normalized spacial score (nSPS) is 10.6. The maximum Gasteiger partial charge on any atom is 0.234 e. The molecule has 0 spiro atoms. The number of nitrogens with one attached hydrogen (secondary N) is 1. The molecule has 0 saturated heterocycles. The average molecular weight is 338 g/mol. The van der Waals surface area contributed by atoms with Crippen molar-refractivity contribution in [1.29, 1.82) is 0 Å². The third kappa shape index (κ3) is 5.92. The summed E-state index contributed by atoms with van der Waals surface area (Å²) in [5, 5.41) is 2.95. The molecular weight excluding hydrogens is 308 g/mol. The molecule has 0 heterocycles. The van der Waals surface area contributed by atoms with Gasteiger partial charge in [0.25, 0.3) is 0 Å². The van der Waals surface area contributed by atoms with Crippen molar-refractivity contribution in [1.82, 2.24) is 10.2 Å². The lowest BCUT2D eigenvalue weighted by Gasteiger charge is -2.20. The van der Waals surface area contributed by atoms with Gasteiger partial charge in [-0.1, -0.05) is 13.8 Å². The van der Waals surface area contributed by atoms with E-state index < -0.39 is 0 Å². The minimum atomic E-state index is 0.0191. The molecule has 0 aliphatic heterocycles. The Balaban J connectivity index is 2.70. The second-order valence-electron chi connectivity index (χ2n) is 5.59. The van der Waals surface area contributed by atoms with Crippen LogP contribution in [0.15, 0.2) is 12.1 Å². The van der Waals surface area contributed by atoms with Crippen molar-refractivity contribution in [2.45, 2.75) is 33.2 Å². The van der Waals surface area contributed by atoms with Crippen molar-refractivity contribution in [2.24, 2.45) is 0 Å². The molecule has 0 fully saturated rings. The van der Waals surface area contributed by atoms with E-state index in [0.717, 1.165) is 31.5 Å². The van der Waals surface area contributed by atoms with Gasteiger partial charge in [-0.25, -0.2) is 0 Å². The van der Waals surface area contributed by atoms with Crippen molar-refractivity contribution >= 4 is 5.91 Å². The van der Waals surface area contributed by atoms with E-state index in [1.165, 1.54) is 0 Å². The van der Waals surface area contributed by atoms with E-state index >= 15 is 0 Å². The van der Waals surface area contributed by atoms with Crippen molar-refractivity contribution in [3.05, 3.63) is 17.7 Å². The van der Waals surface area contributed by atoms with E-state index in [-0.39, 0.29) is 5.91 Å². The molecule has 0 atom stereocenters. The number of hydrogen-bond donors (Lipinski definition) is 1. The molecule has 1 amide bonds. The van der Waals surface area contributed by atoms with E-state index in [4.69, 9.17) is 14.2 Å². The Bertz CT molecular complexity index is 489. The maximum absolute atomic E-state index is 12.2. The van der Waals surface area contributed by atoms with Crippen LogP contribution in [-0.4, -0.2) is 51.8 Å². The van der Waals surface area contributed by atoms with Crippen LogP contribution >= 0.6 is 0 Å². The highest BCUT2D eigenvalue weighted by atomic mass is 16.5. The van der Waals surface area contributed by atoms with Crippen molar-refractivity contribution in [3.8, 4) is 17.2 Å². The fraction of sp³-hybridized carbons (Fsp3) is 0.611. The standard InChI is InChI=1S/C18H30N2O4/c1-6-8-20(9-7-2)13-17(21)19-12-14-10-15(22-3)18(24-5)16(11-14)23-4/h10-11H,6-9,12-13H2,1-5H3,(H,19,21). The van der Waals surface area contributed by atoms with Crippen molar-refractivity contribution in [2.75, 3.05) is 41.0 Å². The van der Waals surface area contributed by atoms with Crippen LogP contribution < -0.4 is 19.5 Å². The van der Waals surface area contributed by atoms with Gasteiger partial charge < -0.3 is 19.5 Å². The molecule has 1 rings (SSSR count). The van der Waals surface area contributed by atoms with E-state index in [2.05, 4.69) is 24.1 Å². The predicted molar refractivity (Wildman–Crippen MR) is 95.0 cm³/mol. The molecule has 0 aliphatic rings.